The van der Waals surface area contributed by atoms with E-state index in [-0.39, 0.29) is 5.92 Å². The van der Waals surface area contributed by atoms with Gasteiger partial charge in [-0.05, 0) is 29.4 Å². The van der Waals surface area contributed by atoms with Crippen molar-refractivity contribution in [2.24, 2.45) is 11.7 Å². The van der Waals surface area contributed by atoms with Crippen LogP contribution in [0.5, 0.6) is 0 Å². The SMILES string of the molecule is CC(C)[C@H]1C[C@](N)(C(=O)O)c2ccccc21. The van der Waals surface area contributed by atoms with Gasteiger partial charge in [-0.1, -0.05) is 38.1 Å². The highest BCUT2D eigenvalue weighted by Crippen LogP contribution is 2.46. The number of carboxylic acid groups (broad SMARTS) is 1. The summed E-state index contributed by atoms with van der Waals surface area (Å²) in [6, 6.07) is 7.64. The van der Waals surface area contributed by atoms with Gasteiger partial charge in [0.05, 0.1) is 0 Å². The van der Waals surface area contributed by atoms with Gasteiger partial charge in [0.2, 0.25) is 0 Å². The molecule has 3 heteroatoms. The fourth-order valence-corrected chi connectivity index (χ4v) is 2.59. The fraction of sp³-hybridized carbons (Fsp3) is 0.462. The summed E-state index contributed by atoms with van der Waals surface area (Å²) in [6.07, 6.45) is 0.499. The second kappa shape index (κ2) is 3.59. The van der Waals surface area contributed by atoms with Crippen LogP contribution in [0.2, 0.25) is 0 Å². The normalized spacial score (nSPS) is 28.1. The number of carbonyl (C=O) groups is 1. The number of benzene rings is 1. The minimum Gasteiger partial charge on any atom is -0.480 e. The van der Waals surface area contributed by atoms with Crippen molar-refractivity contribution >= 4 is 5.97 Å². The minimum absolute atomic E-state index is 0.247. The van der Waals surface area contributed by atoms with E-state index in [0.717, 1.165) is 11.1 Å². The first-order valence-corrected chi connectivity index (χ1v) is 5.58. The molecule has 16 heavy (non-hydrogen) atoms. The van der Waals surface area contributed by atoms with Crippen molar-refractivity contribution < 1.29 is 9.90 Å². The maximum atomic E-state index is 11.3. The lowest BCUT2D eigenvalue weighted by atomic mass is 9.88. The van der Waals surface area contributed by atoms with E-state index in [0.29, 0.717) is 12.3 Å². The van der Waals surface area contributed by atoms with Crippen LogP contribution in [0.1, 0.15) is 37.3 Å². The molecule has 3 N–H and O–H groups in total. The molecule has 86 valence electrons. The molecular weight excluding hydrogens is 202 g/mol. The Balaban J connectivity index is 2.55. The summed E-state index contributed by atoms with van der Waals surface area (Å²) < 4.78 is 0. The quantitative estimate of drug-likeness (QED) is 0.800. The summed E-state index contributed by atoms with van der Waals surface area (Å²) in [5.74, 6) is -0.272. The predicted molar refractivity (Wildman–Crippen MR) is 62.1 cm³/mol. The standard InChI is InChI=1S/C13H17NO2/c1-8(2)10-7-13(14,12(15)16)11-6-4-3-5-9(10)11/h3-6,8,10H,7,14H2,1-2H3,(H,15,16)/t10-,13-/m1/s1. The Hall–Kier alpha value is -1.35. The Morgan fingerprint density at radius 1 is 1.50 bits per heavy atom. The molecule has 0 aliphatic heterocycles. The van der Waals surface area contributed by atoms with Gasteiger partial charge in [-0.3, -0.25) is 0 Å². The van der Waals surface area contributed by atoms with Crippen LogP contribution in [0.15, 0.2) is 24.3 Å². The predicted octanol–water partition coefficient (Wildman–Crippen LogP) is 2.07. The number of nitrogens with two attached hydrogens (primary N) is 1. The molecule has 0 fully saturated rings. The average molecular weight is 219 g/mol. The molecule has 0 spiro atoms. The van der Waals surface area contributed by atoms with Gasteiger partial charge in [0, 0.05) is 0 Å². The highest BCUT2D eigenvalue weighted by molar-refractivity contribution is 5.82. The fourth-order valence-electron chi connectivity index (χ4n) is 2.59. The van der Waals surface area contributed by atoms with Gasteiger partial charge >= 0.3 is 5.97 Å². The van der Waals surface area contributed by atoms with Crippen LogP contribution in [0.4, 0.5) is 0 Å². The summed E-state index contributed by atoms with van der Waals surface area (Å²) in [4.78, 5) is 11.3. The van der Waals surface area contributed by atoms with Crippen molar-refractivity contribution in [3.8, 4) is 0 Å². The van der Waals surface area contributed by atoms with Crippen LogP contribution in [0, 0.1) is 5.92 Å². The molecule has 0 amide bonds. The lowest BCUT2D eigenvalue weighted by Crippen LogP contribution is -2.43. The zero-order chi connectivity index (χ0) is 11.9. The lowest BCUT2D eigenvalue weighted by Gasteiger charge is -2.21. The molecule has 0 bridgehead atoms. The molecule has 3 nitrogen and oxygen atoms in total. The van der Waals surface area contributed by atoms with Crippen LogP contribution in [0.25, 0.3) is 0 Å². The van der Waals surface area contributed by atoms with Gasteiger partial charge in [-0.2, -0.15) is 0 Å². The summed E-state index contributed by atoms with van der Waals surface area (Å²) >= 11 is 0. The van der Waals surface area contributed by atoms with Gasteiger partial charge in [0.15, 0.2) is 0 Å². The number of carboxylic acids is 1. The first-order valence-electron chi connectivity index (χ1n) is 5.58. The van der Waals surface area contributed by atoms with Gasteiger partial charge in [-0.15, -0.1) is 0 Å². The second-order valence-corrected chi connectivity index (χ2v) is 4.92. The molecule has 2 atom stereocenters. The summed E-state index contributed by atoms with van der Waals surface area (Å²) in [7, 11) is 0. The Labute approximate surface area is 95.3 Å². The van der Waals surface area contributed by atoms with Crippen LogP contribution in [-0.2, 0) is 10.3 Å². The molecular formula is C13H17NO2. The second-order valence-electron chi connectivity index (χ2n) is 4.92. The zero-order valence-corrected chi connectivity index (χ0v) is 9.60. The Bertz CT molecular complexity index is 428. The van der Waals surface area contributed by atoms with Gasteiger partial charge in [0.1, 0.15) is 5.54 Å². The highest BCUT2D eigenvalue weighted by atomic mass is 16.4. The molecule has 1 aromatic rings. The molecule has 0 radical (unpaired) electrons. The van der Waals surface area contributed by atoms with E-state index in [1.54, 1.807) is 0 Å². The Kier molecular flexibility index (Phi) is 2.50. The molecule has 1 aliphatic carbocycles. The molecule has 1 aliphatic rings. The number of hydrogen-bond donors (Lipinski definition) is 2. The van der Waals surface area contributed by atoms with E-state index in [2.05, 4.69) is 13.8 Å². The smallest absolute Gasteiger partial charge is 0.328 e. The maximum Gasteiger partial charge on any atom is 0.328 e. The monoisotopic (exact) mass is 219 g/mol. The maximum absolute atomic E-state index is 11.3. The van der Waals surface area contributed by atoms with Crippen molar-refractivity contribution in [3.63, 3.8) is 0 Å². The van der Waals surface area contributed by atoms with Crippen LogP contribution < -0.4 is 5.73 Å². The van der Waals surface area contributed by atoms with Crippen molar-refractivity contribution in [1.29, 1.82) is 0 Å². The molecule has 2 rings (SSSR count). The first kappa shape index (κ1) is 11.1. The van der Waals surface area contributed by atoms with Gasteiger partial charge in [-0.25, -0.2) is 4.79 Å². The topological polar surface area (TPSA) is 63.3 Å². The van der Waals surface area contributed by atoms with E-state index in [1.807, 2.05) is 24.3 Å². The first-order chi connectivity index (χ1) is 7.47. The molecule has 0 heterocycles. The number of fused-ring (bicyclic) bond motifs is 1. The lowest BCUT2D eigenvalue weighted by molar-refractivity contribution is -0.143. The zero-order valence-electron chi connectivity index (χ0n) is 9.60. The van der Waals surface area contributed by atoms with E-state index in [9.17, 15) is 9.90 Å². The number of hydrogen-bond acceptors (Lipinski definition) is 2. The van der Waals surface area contributed by atoms with Crippen molar-refractivity contribution in [3.05, 3.63) is 35.4 Å². The van der Waals surface area contributed by atoms with Crippen LogP contribution in [-0.4, -0.2) is 11.1 Å². The van der Waals surface area contributed by atoms with E-state index >= 15 is 0 Å². The van der Waals surface area contributed by atoms with Gasteiger partial charge < -0.3 is 10.8 Å². The highest BCUT2D eigenvalue weighted by Gasteiger charge is 2.47. The van der Waals surface area contributed by atoms with E-state index in [4.69, 9.17) is 5.73 Å². The third-order valence-electron chi connectivity index (χ3n) is 3.57. The number of aliphatic carboxylic acids is 1. The third-order valence-corrected chi connectivity index (χ3v) is 3.57. The average Bonchev–Trinajstić information content (AvgIpc) is 2.55. The summed E-state index contributed by atoms with van der Waals surface area (Å²) in [6.45, 7) is 4.21. The van der Waals surface area contributed by atoms with E-state index in [1.165, 1.54) is 0 Å². The molecule has 0 unspecified atom stereocenters. The number of rotatable bonds is 2. The Morgan fingerprint density at radius 3 is 2.69 bits per heavy atom. The summed E-state index contributed by atoms with van der Waals surface area (Å²) in [5, 5.41) is 9.29. The van der Waals surface area contributed by atoms with Crippen molar-refractivity contribution in [2.75, 3.05) is 0 Å². The Morgan fingerprint density at radius 2 is 2.12 bits per heavy atom. The van der Waals surface area contributed by atoms with Crippen molar-refractivity contribution in [1.82, 2.24) is 0 Å². The summed E-state index contributed by atoms with van der Waals surface area (Å²) in [5.41, 5.74) is 6.72. The third kappa shape index (κ3) is 1.43. The van der Waals surface area contributed by atoms with Crippen LogP contribution in [0.3, 0.4) is 0 Å². The molecule has 1 aromatic carbocycles. The molecule has 0 saturated carbocycles. The molecule has 0 saturated heterocycles. The van der Waals surface area contributed by atoms with Crippen molar-refractivity contribution in [2.45, 2.75) is 31.7 Å². The molecule has 0 aromatic heterocycles. The largest absolute Gasteiger partial charge is 0.480 e. The minimum atomic E-state index is -1.20. The van der Waals surface area contributed by atoms with Gasteiger partial charge in [0.25, 0.3) is 0 Å². The van der Waals surface area contributed by atoms with E-state index < -0.39 is 11.5 Å². The van der Waals surface area contributed by atoms with Crippen LogP contribution >= 0.6 is 0 Å².